The van der Waals surface area contributed by atoms with Crippen molar-refractivity contribution in [3.63, 3.8) is 0 Å². The van der Waals surface area contributed by atoms with E-state index in [1.807, 2.05) is 6.92 Å². The van der Waals surface area contributed by atoms with Gasteiger partial charge < -0.3 is 4.90 Å². The van der Waals surface area contributed by atoms with Crippen LogP contribution in [-0.4, -0.2) is 13.1 Å². The van der Waals surface area contributed by atoms with Gasteiger partial charge in [-0.25, -0.2) is 0 Å². The highest BCUT2D eigenvalue weighted by molar-refractivity contribution is 5.61. The highest BCUT2D eigenvalue weighted by atomic mass is 15.1. The average Bonchev–Trinajstić information content (AvgIpc) is 2.72. The number of hydrogen-bond donors (Lipinski definition) is 0. The fourth-order valence-corrected chi connectivity index (χ4v) is 1.95. The average molecular weight is 185 g/mol. The molecule has 0 radical (unpaired) electrons. The standard InChI is InChI=1S/C13H15N/c1-2-7-12-8-3-4-9-13(12)14-10-5-6-11-14/h3-4,8-9H,5-6,10-11H2,1H3. The largest absolute Gasteiger partial charge is 0.371 e. The zero-order chi connectivity index (χ0) is 9.80. The lowest BCUT2D eigenvalue weighted by Gasteiger charge is -2.18. The van der Waals surface area contributed by atoms with Gasteiger partial charge in [0.1, 0.15) is 0 Å². The molecule has 72 valence electrons. The fourth-order valence-electron chi connectivity index (χ4n) is 1.95. The molecule has 1 fully saturated rings. The van der Waals surface area contributed by atoms with Gasteiger partial charge in [0.25, 0.3) is 0 Å². The summed E-state index contributed by atoms with van der Waals surface area (Å²) in [5, 5.41) is 0. The lowest BCUT2D eigenvalue weighted by molar-refractivity contribution is 0.949. The SMILES string of the molecule is CC#Cc1ccccc1N1CCCC1. The summed E-state index contributed by atoms with van der Waals surface area (Å²) >= 11 is 0. The van der Waals surface area contributed by atoms with Gasteiger partial charge in [-0.2, -0.15) is 0 Å². The van der Waals surface area contributed by atoms with Crippen molar-refractivity contribution in [2.24, 2.45) is 0 Å². The van der Waals surface area contributed by atoms with Gasteiger partial charge in [0, 0.05) is 18.7 Å². The first kappa shape index (κ1) is 9.15. The molecule has 1 aliphatic heterocycles. The van der Waals surface area contributed by atoms with Gasteiger partial charge in [0.05, 0.1) is 5.69 Å². The number of para-hydroxylation sites is 1. The van der Waals surface area contributed by atoms with Crippen LogP contribution in [0.25, 0.3) is 0 Å². The van der Waals surface area contributed by atoms with Crippen LogP contribution in [0.2, 0.25) is 0 Å². The monoisotopic (exact) mass is 185 g/mol. The van der Waals surface area contributed by atoms with E-state index in [1.165, 1.54) is 31.6 Å². The predicted octanol–water partition coefficient (Wildman–Crippen LogP) is 2.66. The van der Waals surface area contributed by atoms with E-state index >= 15 is 0 Å². The number of nitrogens with zero attached hydrogens (tertiary/aromatic N) is 1. The van der Waals surface area contributed by atoms with Gasteiger partial charge in [0.2, 0.25) is 0 Å². The molecule has 0 saturated carbocycles. The van der Waals surface area contributed by atoms with Crippen molar-refractivity contribution in [2.75, 3.05) is 18.0 Å². The van der Waals surface area contributed by atoms with Crippen LogP contribution in [0.4, 0.5) is 5.69 Å². The molecular weight excluding hydrogens is 170 g/mol. The Labute approximate surface area is 85.7 Å². The second-order valence-electron chi connectivity index (χ2n) is 3.59. The normalized spacial score (nSPS) is 15.1. The molecule has 0 atom stereocenters. The Morgan fingerprint density at radius 1 is 1.14 bits per heavy atom. The van der Waals surface area contributed by atoms with E-state index in [-0.39, 0.29) is 0 Å². The Bertz CT molecular complexity index is 364. The van der Waals surface area contributed by atoms with Crippen molar-refractivity contribution in [3.8, 4) is 11.8 Å². The number of hydrogen-bond acceptors (Lipinski definition) is 1. The minimum Gasteiger partial charge on any atom is -0.371 e. The number of benzene rings is 1. The summed E-state index contributed by atoms with van der Waals surface area (Å²) in [4.78, 5) is 2.43. The Balaban J connectivity index is 2.33. The Morgan fingerprint density at radius 2 is 1.86 bits per heavy atom. The summed E-state index contributed by atoms with van der Waals surface area (Å²) in [6.45, 7) is 4.26. The van der Waals surface area contributed by atoms with Crippen LogP contribution in [0.3, 0.4) is 0 Å². The summed E-state index contributed by atoms with van der Waals surface area (Å²) in [6.07, 6.45) is 2.63. The molecule has 0 N–H and O–H groups in total. The summed E-state index contributed by atoms with van der Waals surface area (Å²) in [5.74, 6) is 6.13. The maximum Gasteiger partial charge on any atom is 0.0525 e. The predicted molar refractivity (Wildman–Crippen MR) is 60.4 cm³/mol. The van der Waals surface area contributed by atoms with Gasteiger partial charge in [-0.3, -0.25) is 0 Å². The van der Waals surface area contributed by atoms with Gasteiger partial charge in [-0.15, -0.1) is 5.92 Å². The first-order chi connectivity index (χ1) is 6.92. The summed E-state index contributed by atoms with van der Waals surface area (Å²) in [7, 11) is 0. The van der Waals surface area contributed by atoms with Crippen molar-refractivity contribution < 1.29 is 0 Å². The molecule has 2 rings (SSSR count). The highest BCUT2D eigenvalue weighted by Gasteiger charge is 2.13. The van der Waals surface area contributed by atoms with Gasteiger partial charge in [-0.05, 0) is 31.9 Å². The molecular formula is C13H15N. The van der Waals surface area contributed by atoms with E-state index < -0.39 is 0 Å². The molecule has 0 unspecified atom stereocenters. The third kappa shape index (κ3) is 1.75. The van der Waals surface area contributed by atoms with Crippen LogP contribution in [0.15, 0.2) is 24.3 Å². The third-order valence-corrected chi connectivity index (χ3v) is 2.61. The van der Waals surface area contributed by atoms with Crippen LogP contribution >= 0.6 is 0 Å². The smallest absolute Gasteiger partial charge is 0.0525 e. The second kappa shape index (κ2) is 4.19. The zero-order valence-electron chi connectivity index (χ0n) is 8.59. The topological polar surface area (TPSA) is 3.24 Å². The molecule has 0 aliphatic carbocycles. The zero-order valence-corrected chi connectivity index (χ0v) is 8.59. The van der Waals surface area contributed by atoms with E-state index in [9.17, 15) is 0 Å². The van der Waals surface area contributed by atoms with Crippen LogP contribution in [0.5, 0.6) is 0 Å². The molecule has 1 aromatic carbocycles. The van der Waals surface area contributed by atoms with Crippen molar-refractivity contribution >= 4 is 5.69 Å². The fraction of sp³-hybridized carbons (Fsp3) is 0.385. The molecule has 1 heteroatoms. The summed E-state index contributed by atoms with van der Waals surface area (Å²) in [6, 6.07) is 8.42. The van der Waals surface area contributed by atoms with E-state index in [1.54, 1.807) is 0 Å². The first-order valence-electron chi connectivity index (χ1n) is 5.18. The minimum absolute atomic E-state index is 1.16. The van der Waals surface area contributed by atoms with Crippen LogP contribution in [0, 0.1) is 11.8 Å². The lowest BCUT2D eigenvalue weighted by Crippen LogP contribution is -2.18. The molecule has 1 aromatic rings. The van der Waals surface area contributed by atoms with Crippen LogP contribution in [-0.2, 0) is 0 Å². The van der Waals surface area contributed by atoms with Gasteiger partial charge in [0.15, 0.2) is 0 Å². The highest BCUT2D eigenvalue weighted by Crippen LogP contribution is 2.23. The van der Waals surface area contributed by atoms with Crippen LogP contribution < -0.4 is 4.90 Å². The Hall–Kier alpha value is -1.42. The Kier molecular flexibility index (Phi) is 2.74. The van der Waals surface area contributed by atoms with Crippen molar-refractivity contribution in [1.29, 1.82) is 0 Å². The second-order valence-corrected chi connectivity index (χ2v) is 3.59. The van der Waals surface area contributed by atoms with E-state index in [0.717, 1.165) is 5.56 Å². The molecule has 1 heterocycles. The van der Waals surface area contributed by atoms with Crippen molar-refractivity contribution in [2.45, 2.75) is 19.8 Å². The van der Waals surface area contributed by atoms with Gasteiger partial charge >= 0.3 is 0 Å². The molecule has 1 aliphatic rings. The maximum atomic E-state index is 3.16. The molecule has 14 heavy (non-hydrogen) atoms. The van der Waals surface area contributed by atoms with Crippen molar-refractivity contribution in [1.82, 2.24) is 0 Å². The van der Waals surface area contributed by atoms with Gasteiger partial charge in [-0.1, -0.05) is 18.1 Å². The molecule has 0 bridgehead atoms. The van der Waals surface area contributed by atoms with E-state index in [2.05, 4.69) is 41.0 Å². The van der Waals surface area contributed by atoms with E-state index in [4.69, 9.17) is 0 Å². The minimum atomic E-state index is 1.16. The molecule has 0 spiro atoms. The van der Waals surface area contributed by atoms with E-state index in [0.29, 0.717) is 0 Å². The first-order valence-corrected chi connectivity index (χ1v) is 5.18. The number of rotatable bonds is 1. The third-order valence-electron chi connectivity index (χ3n) is 2.61. The van der Waals surface area contributed by atoms with Crippen LogP contribution in [0.1, 0.15) is 25.3 Å². The summed E-state index contributed by atoms with van der Waals surface area (Å²) < 4.78 is 0. The summed E-state index contributed by atoms with van der Waals surface area (Å²) in [5.41, 5.74) is 2.47. The molecule has 0 amide bonds. The maximum absolute atomic E-state index is 3.16. The lowest BCUT2D eigenvalue weighted by atomic mass is 10.1. The quantitative estimate of drug-likeness (QED) is 0.608. The Morgan fingerprint density at radius 3 is 2.57 bits per heavy atom. The molecule has 0 aromatic heterocycles. The molecule has 1 nitrogen and oxygen atoms in total. The van der Waals surface area contributed by atoms with Crippen molar-refractivity contribution in [3.05, 3.63) is 29.8 Å². The number of anilines is 1. The molecule has 1 saturated heterocycles.